The Labute approximate surface area is 122 Å². The quantitative estimate of drug-likeness (QED) is 0.591. The zero-order chi connectivity index (χ0) is 13.8. The number of hydrogen-bond acceptors (Lipinski definition) is 5. The molecule has 2 rings (SSSR count). The van der Waals surface area contributed by atoms with Gasteiger partial charge in [-0.1, -0.05) is 12.1 Å². The highest BCUT2D eigenvalue weighted by Crippen LogP contribution is 2.13. The molecule has 0 atom stereocenters. The first-order chi connectivity index (χ1) is 9.09. The number of imide groups is 1. The van der Waals surface area contributed by atoms with Gasteiger partial charge in [0.15, 0.2) is 6.61 Å². The molecule has 0 spiro atoms. The second-order valence-corrected chi connectivity index (χ2v) is 4.88. The molecule has 1 fully saturated rings. The van der Waals surface area contributed by atoms with E-state index in [-0.39, 0.29) is 13.2 Å². The minimum absolute atomic E-state index is 0.176. The molecule has 0 N–H and O–H groups in total. The fraction of sp³-hybridized carbons (Fsp3) is 0.250. The van der Waals surface area contributed by atoms with Crippen molar-refractivity contribution in [3.63, 3.8) is 0 Å². The Kier molecular flexibility index (Phi) is 4.35. The van der Waals surface area contributed by atoms with Crippen LogP contribution in [0.1, 0.15) is 10.4 Å². The first-order valence-electron chi connectivity index (χ1n) is 5.48. The maximum absolute atomic E-state index is 11.8. The molecule has 6 nitrogen and oxygen atoms in total. The van der Waals surface area contributed by atoms with Gasteiger partial charge < -0.3 is 9.47 Å². The van der Waals surface area contributed by atoms with Gasteiger partial charge in [0, 0.05) is 3.57 Å². The van der Waals surface area contributed by atoms with Crippen LogP contribution >= 0.6 is 22.6 Å². The van der Waals surface area contributed by atoms with Crippen molar-refractivity contribution in [3.8, 4) is 0 Å². The van der Waals surface area contributed by atoms with Gasteiger partial charge in [0.05, 0.1) is 12.1 Å². The zero-order valence-corrected chi connectivity index (χ0v) is 12.0. The maximum atomic E-state index is 11.8. The van der Waals surface area contributed by atoms with Crippen molar-refractivity contribution in [1.82, 2.24) is 4.90 Å². The largest absolute Gasteiger partial charge is 0.452 e. The fourth-order valence-corrected chi connectivity index (χ4v) is 2.14. The van der Waals surface area contributed by atoms with Crippen LogP contribution in [0, 0.1) is 3.57 Å². The van der Waals surface area contributed by atoms with E-state index in [4.69, 9.17) is 4.74 Å². The van der Waals surface area contributed by atoms with Gasteiger partial charge in [0.2, 0.25) is 0 Å². The number of rotatable bonds is 3. The minimum atomic E-state index is -0.699. The number of benzene rings is 1. The second kappa shape index (κ2) is 6.00. The van der Waals surface area contributed by atoms with Crippen molar-refractivity contribution >= 4 is 40.6 Å². The highest BCUT2D eigenvalue weighted by molar-refractivity contribution is 14.1. The van der Waals surface area contributed by atoms with Crippen LogP contribution in [0.25, 0.3) is 0 Å². The third-order valence-corrected chi connectivity index (χ3v) is 3.42. The lowest BCUT2D eigenvalue weighted by atomic mass is 10.2. The van der Waals surface area contributed by atoms with Crippen LogP contribution in [0.3, 0.4) is 0 Å². The van der Waals surface area contributed by atoms with Crippen molar-refractivity contribution in [2.45, 2.75) is 0 Å². The third kappa shape index (κ3) is 3.22. The molecule has 0 bridgehead atoms. The zero-order valence-electron chi connectivity index (χ0n) is 9.80. The van der Waals surface area contributed by atoms with Gasteiger partial charge in [0.1, 0.15) is 6.61 Å². The summed E-state index contributed by atoms with van der Waals surface area (Å²) in [5.74, 6) is -1.17. The molecule has 1 saturated heterocycles. The van der Waals surface area contributed by atoms with Crippen molar-refractivity contribution in [1.29, 1.82) is 0 Å². The molecule has 1 aliphatic rings. The maximum Gasteiger partial charge on any atom is 0.416 e. The van der Waals surface area contributed by atoms with Gasteiger partial charge in [-0.2, -0.15) is 0 Å². The van der Waals surface area contributed by atoms with E-state index in [1.807, 2.05) is 22.6 Å². The van der Waals surface area contributed by atoms with Crippen molar-refractivity contribution in [3.05, 3.63) is 33.4 Å². The number of esters is 1. The lowest BCUT2D eigenvalue weighted by molar-refractivity contribution is -0.131. The first kappa shape index (κ1) is 13.8. The average Bonchev–Trinajstić information content (AvgIpc) is 2.82. The van der Waals surface area contributed by atoms with Gasteiger partial charge in [-0.05, 0) is 34.7 Å². The molecule has 0 aromatic heterocycles. The van der Waals surface area contributed by atoms with E-state index in [2.05, 4.69) is 4.74 Å². The summed E-state index contributed by atoms with van der Waals surface area (Å²) in [5, 5.41) is 0. The predicted molar refractivity (Wildman–Crippen MR) is 72.5 cm³/mol. The summed E-state index contributed by atoms with van der Waals surface area (Å²) in [5.41, 5.74) is 0.389. The number of ether oxygens (including phenoxy) is 2. The molecule has 1 aliphatic heterocycles. The molecular weight excluding hydrogens is 365 g/mol. The second-order valence-electron chi connectivity index (χ2n) is 3.72. The number of halogens is 1. The van der Waals surface area contributed by atoms with Crippen LogP contribution in [0.5, 0.6) is 0 Å². The smallest absolute Gasteiger partial charge is 0.416 e. The van der Waals surface area contributed by atoms with E-state index in [1.54, 1.807) is 24.3 Å². The Morgan fingerprint density at radius 1 is 1.37 bits per heavy atom. The van der Waals surface area contributed by atoms with Crippen LogP contribution in [0.2, 0.25) is 0 Å². The highest BCUT2D eigenvalue weighted by atomic mass is 127. The minimum Gasteiger partial charge on any atom is -0.452 e. The molecule has 1 aromatic carbocycles. The third-order valence-electron chi connectivity index (χ3n) is 2.48. The standard InChI is InChI=1S/C12H10INO5/c13-9-4-2-1-3-8(9)11(16)19-7-10(15)14-5-6-18-12(14)17/h1-4H,5-7H2. The van der Waals surface area contributed by atoms with Crippen LogP contribution in [0.15, 0.2) is 24.3 Å². The highest BCUT2D eigenvalue weighted by Gasteiger charge is 2.29. The van der Waals surface area contributed by atoms with Crippen LogP contribution < -0.4 is 0 Å². The Hall–Kier alpha value is -1.64. The SMILES string of the molecule is O=C(OCC(=O)N1CCOC1=O)c1ccccc1I. The predicted octanol–water partition coefficient (Wildman–Crippen LogP) is 1.43. The summed E-state index contributed by atoms with van der Waals surface area (Å²) in [6, 6.07) is 6.87. The summed E-state index contributed by atoms with van der Waals surface area (Å²) in [7, 11) is 0. The monoisotopic (exact) mass is 375 g/mol. The molecule has 0 unspecified atom stereocenters. The van der Waals surface area contributed by atoms with E-state index >= 15 is 0 Å². The molecule has 1 heterocycles. The lowest BCUT2D eigenvalue weighted by Crippen LogP contribution is -2.35. The summed E-state index contributed by atoms with van der Waals surface area (Å²) >= 11 is 2.00. The number of amides is 2. The first-order valence-corrected chi connectivity index (χ1v) is 6.56. The van der Waals surface area contributed by atoms with E-state index < -0.39 is 24.6 Å². The number of cyclic esters (lactones) is 1. The van der Waals surface area contributed by atoms with Gasteiger partial charge >= 0.3 is 12.1 Å². The average molecular weight is 375 g/mol. The van der Waals surface area contributed by atoms with Gasteiger partial charge in [-0.15, -0.1) is 0 Å². The van der Waals surface area contributed by atoms with E-state index in [0.717, 1.165) is 8.47 Å². The molecule has 2 amide bonds. The van der Waals surface area contributed by atoms with Crippen LogP contribution in [-0.4, -0.2) is 42.6 Å². The molecule has 7 heteroatoms. The number of hydrogen-bond donors (Lipinski definition) is 0. The summed E-state index contributed by atoms with van der Waals surface area (Å²) < 4.78 is 10.2. The van der Waals surface area contributed by atoms with E-state index in [9.17, 15) is 14.4 Å². The summed E-state index contributed by atoms with van der Waals surface area (Å²) in [6.45, 7) is -0.105. The van der Waals surface area contributed by atoms with Crippen LogP contribution in [-0.2, 0) is 14.3 Å². The Bertz CT molecular complexity index is 531. The number of nitrogens with zero attached hydrogens (tertiary/aromatic N) is 1. The summed E-state index contributed by atoms with van der Waals surface area (Å²) in [6.07, 6.45) is -0.699. The molecule has 100 valence electrons. The molecular formula is C12H10INO5. The number of carbonyl (C=O) groups excluding carboxylic acids is 3. The molecule has 1 aromatic rings. The fourth-order valence-electron chi connectivity index (χ4n) is 1.53. The molecule has 19 heavy (non-hydrogen) atoms. The topological polar surface area (TPSA) is 72.9 Å². The van der Waals surface area contributed by atoms with E-state index in [1.165, 1.54) is 0 Å². The Morgan fingerprint density at radius 3 is 2.74 bits per heavy atom. The summed E-state index contributed by atoms with van der Waals surface area (Å²) in [4.78, 5) is 35.4. The van der Waals surface area contributed by atoms with Gasteiger partial charge in [-0.25, -0.2) is 14.5 Å². The Morgan fingerprint density at radius 2 is 2.11 bits per heavy atom. The lowest BCUT2D eigenvalue weighted by Gasteiger charge is -2.11. The molecule has 0 aliphatic carbocycles. The van der Waals surface area contributed by atoms with Crippen molar-refractivity contribution < 1.29 is 23.9 Å². The molecule has 0 radical (unpaired) electrons. The van der Waals surface area contributed by atoms with Crippen molar-refractivity contribution in [2.24, 2.45) is 0 Å². The Balaban J connectivity index is 1.92. The van der Waals surface area contributed by atoms with Crippen LogP contribution in [0.4, 0.5) is 4.79 Å². The molecule has 0 saturated carbocycles. The number of carbonyl (C=O) groups is 3. The normalized spacial score (nSPS) is 14.2. The van der Waals surface area contributed by atoms with E-state index in [0.29, 0.717) is 5.56 Å². The van der Waals surface area contributed by atoms with Gasteiger partial charge in [0.25, 0.3) is 5.91 Å². The van der Waals surface area contributed by atoms with Gasteiger partial charge in [-0.3, -0.25) is 4.79 Å². The van der Waals surface area contributed by atoms with Crippen molar-refractivity contribution in [2.75, 3.05) is 19.8 Å².